The van der Waals surface area contributed by atoms with Gasteiger partial charge in [0.1, 0.15) is 0 Å². The van der Waals surface area contributed by atoms with Crippen LogP contribution >= 0.6 is 8.03 Å². The Balaban J connectivity index is 3.27. The number of rotatable bonds is 2. The highest BCUT2D eigenvalue weighted by molar-refractivity contribution is 7.47. The number of carboxylic acids is 1. The fourth-order valence-electron chi connectivity index (χ4n) is 0.856. The van der Waals surface area contributed by atoms with Gasteiger partial charge in [0, 0.05) is 5.30 Å². The van der Waals surface area contributed by atoms with E-state index >= 15 is 0 Å². The molecule has 0 bridgehead atoms. The first kappa shape index (κ1) is 8.97. The Labute approximate surface area is 69.3 Å². The van der Waals surface area contributed by atoms with Crippen molar-refractivity contribution >= 4 is 19.3 Å². The van der Waals surface area contributed by atoms with Crippen LogP contribution in [0.1, 0.15) is 10.4 Å². The quantitative estimate of drug-likeness (QED) is 0.658. The molecule has 0 aliphatic heterocycles. The first-order chi connectivity index (χ1) is 5.63. The zero-order valence-corrected chi connectivity index (χ0v) is 7.02. The first-order valence-corrected chi connectivity index (χ1v) is 4.54. The third-order valence-electron chi connectivity index (χ3n) is 1.39. The van der Waals surface area contributed by atoms with E-state index in [9.17, 15) is 9.36 Å². The van der Waals surface area contributed by atoms with Crippen LogP contribution in [-0.4, -0.2) is 16.0 Å². The Morgan fingerprint density at radius 1 is 1.33 bits per heavy atom. The maximum absolute atomic E-state index is 10.6. The van der Waals surface area contributed by atoms with E-state index in [-0.39, 0.29) is 10.9 Å². The standard InChI is InChI=1S/C7H7O4P/c8-7(9)5-3-1-2-4-6(5)12(10)11/h1-4,12H,(H,8,9)(H,10,11). The van der Waals surface area contributed by atoms with Gasteiger partial charge in [-0.15, -0.1) is 0 Å². The molecule has 0 heterocycles. The molecule has 12 heavy (non-hydrogen) atoms. The van der Waals surface area contributed by atoms with Crippen LogP contribution in [0.3, 0.4) is 0 Å². The van der Waals surface area contributed by atoms with Crippen LogP contribution in [0.2, 0.25) is 0 Å². The Hall–Kier alpha value is -1.12. The summed E-state index contributed by atoms with van der Waals surface area (Å²) in [5.41, 5.74) is -0.108. The van der Waals surface area contributed by atoms with Gasteiger partial charge in [0.15, 0.2) is 0 Å². The van der Waals surface area contributed by atoms with E-state index in [2.05, 4.69) is 0 Å². The Morgan fingerprint density at radius 2 is 1.92 bits per heavy atom. The van der Waals surface area contributed by atoms with Crippen molar-refractivity contribution in [1.29, 1.82) is 0 Å². The van der Waals surface area contributed by atoms with Crippen molar-refractivity contribution in [3.05, 3.63) is 29.8 Å². The second-order valence-corrected chi connectivity index (χ2v) is 3.30. The summed E-state index contributed by atoms with van der Waals surface area (Å²) in [6.45, 7) is 0. The van der Waals surface area contributed by atoms with Crippen molar-refractivity contribution in [2.75, 3.05) is 0 Å². The molecule has 1 aromatic carbocycles. The number of aromatic carboxylic acids is 1. The second kappa shape index (κ2) is 3.52. The smallest absolute Gasteiger partial charge is 0.336 e. The number of hydrogen-bond acceptors (Lipinski definition) is 2. The summed E-state index contributed by atoms with van der Waals surface area (Å²) in [7, 11) is -2.92. The average Bonchev–Trinajstić information content (AvgIpc) is 2.04. The van der Waals surface area contributed by atoms with Crippen molar-refractivity contribution < 1.29 is 19.4 Å². The zero-order chi connectivity index (χ0) is 9.14. The van der Waals surface area contributed by atoms with Gasteiger partial charge in [0.25, 0.3) is 0 Å². The van der Waals surface area contributed by atoms with E-state index in [1.165, 1.54) is 24.3 Å². The molecule has 0 radical (unpaired) electrons. The third kappa shape index (κ3) is 1.72. The molecule has 1 atom stereocenters. The van der Waals surface area contributed by atoms with Crippen molar-refractivity contribution in [3.63, 3.8) is 0 Å². The summed E-state index contributed by atoms with van der Waals surface area (Å²) in [5.74, 6) is -1.18. The van der Waals surface area contributed by atoms with Gasteiger partial charge in [-0.1, -0.05) is 12.1 Å². The molecule has 1 aromatic rings. The van der Waals surface area contributed by atoms with E-state index < -0.39 is 14.0 Å². The fraction of sp³-hybridized carbons (Fsp3) is 0. The minimum atomic E-state index is -2.92. The highest BCUT2D eigenvalue weighted by atomic mass is 31.1. The molecule has 5 heteroatoms. The van der Waals surface area contributed by atoms with Gasteiger partial charge in [0.05, 0.1) is 5.56 Å². The lowest BCUT2D eigenvalue weighted by Crippen LogP contribution is -2.10. The number of hydrogen-bond donors (Lipinski definition) is 2. The van der Waals surface area contributed by atoms with Gasteiger partial charge in [-0.3, -0.25) is 4.57 Å². The van der Waals surface area contributed by atoms with Crippen LogP contribution in [0.15, 0.2) is 24.3 Å². The van der Waals surface area contributed by atoms with Gasteiger partial charge in [-0.05, 0) is 12.1 Å². The highest BCUT2D eigenvalue weighted by Crippen LogP contribution is 2.15. The molecular formula is C7H7O4P. The number of carbonyl (C=O) groups is 1. The fourth-order valence-corrected chi connectivity index (χ4v) is 1.52. The molecule has 2 N–H and O–H groups in total. The molecule has 0 amide bonds. The first-order valence-electron chi connectivity index (χ1n) is 3.18. The average molecular weight is 186 g/mol. The zero-order valence-electron chi connectivity index (χ0n) is 6.02. The monoisotopic (exact) mass is 186 g/mol. The van der Waals surface area contributed by atoms with Gasteiger partial charge < -0.3 is 10.00 Å². The lowest BCUT2D eigenvalue weighted by molar-refractivity contribution is 0.0698. The van der Waals surface area contributed by atoms with Crippen molar-refractivity contribution in [1.82, 2.24) is 0 Å². The summed E-state index contributed by atoms with van der Waals surface area (Å²) in [6, 6.07) is 5.68. The van der Waals surface area contributed by atoms with Crippen molar-refractivity contribution in [2.45, 2.75) is 0 Å². The summed E-state index contributed by atoms with van der Waals surface area (Å²) in [4.78, 5) is 19.2. The molecule has 0 aromatic heterocycles. The summed E-state index contributed by atoms with van der Waals surface area (Å²) in [5, 5.41) is 8.58. The third-order valence-corrected chi connectivity index (χ3v) is 2.28. The van der Waals surface area contributed by atoms with Crippen LogP contribution in [0.4, 0.5) is 0 Å². The molecule has 0 saturated carbocycles. The van der Waals surface area contributed by atoms with Crippen molar-refractivity contribution in [2.24, 2.45) is 0 Å². The Kier molecular flexibility index (Phi) is 2.63. The van der Waals surface area contributed by atoms with Crippen molar-refractivity contribution in [3.8, 4) is 0 Å². The van der Waals surface area contributed by atoms with Crippen LogP contribution in [0.5, 0.6) is 0 Å². The van der Waals surface area contributed by atoms with Gasteiger partial charge in [-0.2, -0.15) is 0 Å². The Bertz CT molecular complexity index is 301. The Morgan fingerprint density at radius 3 is 2.33 bits per heavy atom. The summed E-state index contributed by atoms with van der Waals surface area (Å²) in [6.07, 6.45) is 0. The normalized spacial score (nSPS) is 12.4. The molecule has 0 spiro atoms. The van der Waals surface area contributed by atoms with E-state index in [1.807, 2.05) is 0 Å². The minimum Gasteiger partial charge on any atom is -0.478 e. The number of benzene rings is 1. The maximum atomic E-state index is 10.6. The van der Waals surface area contributed by atoms with Gasteiger partial charge in [-0.25, -0.2) is 4.79 Å². The molecule has 0 saturated heterocycles. The van der Waals surface area contributed by atoms with E-state index in [0.717, 1.165) is 0 Å². The van der Waals surface area contributed by atoms with Gasteiger partial charge in [0.2, 0.25) is 8.03 Å². The number of carboxylic acid groups (broad SMARTS) is 1. The van der Waals surface area contributed by atoms with Gasteiger partial charge >= 0.3 is 5.97 Å². The van der Waals surface area contributed by atoms with Crippen LogP contribution in [0.25, 0.3) is 0 Å². The lowest BCUT2D eigenvalue weighted by atomic mass is 10.2. The van der Waals surface area contributed by atoms with E-state index in [4.69, 9.17) is 10.00 Å². The van der Waals surface area contributed by atoms with Crippen LogP contribution in [-0.2, 0) is 4.57 Å². The minimum absolute atomic E-state index is 0.00463. The molecule has 0 fully saturated rings. The SMILES string of the molecule is O=C(O)c1ccccc1[PH](=O)O. The molecule has 0 aliphatic rings. The van der Waals surface area contributed by atoms with E-state index in [1.54, 1.807) is 0 Å². The van der Waals surface area contributed by atoms with E-state index in [0.29, 0.717) is 0 Å². The van der Waals surface area contributed by atoms with Crippen LogP contribution in [0, 0.1) is 0 Å². The largest absolute Gasteiger partial charge is 0.478 e. The molecule has 1 unspecified atom stereocenters. The predicted molar refractivity (Wildman–Crippen MR) is 44.3 cm³/mol. The maximum Gasteiger partial charge on any atom is 0.336 e. The lowest BCUT2D eigenvalue weighted by Gasteiger charge is -1.99. The van der Waals surface area contributed by atoms with Crippen LogP contribution < -0.4 is 5.30 Å². The molecule has 4 nitrogen and oxygen atoms in total. The predicted octanol–water partition coefficient (Wildman–Crippen LogP) is 0.477. The summed E-state index contributed by atoms with van der Waals surface area (Å²) >= 11 is 0. The topological polar surface area (TPSA) is 74.6 Å². The molecule has 0 aliphatic carbocycles. The molecule has 1 rings (SSSR count). The highest BCUT2D eigenvalue weighted by Gasteiger charge is 2.11. The molecular weight excluding hydrogens is 179 g/mol. The second-order valence-electron chi connectivity index (χ2n) is 2.16. The molecule has 64 valence electrons. The summed E-state index contributed by atoms with van der Waals surface area (Å²) < 4.78 is 10.6.